The average molecular weight is 417 g/mol. The van der Waals surface area contributed by atoms with Crippen molar-refractivity contribution >= 4 is 29.6 Å². The van der Waals surface area contributed by atoms with E-state index in [2.05, 4.69) is 16.0 Å². The fourth-order valence-electron chi connectivity index (χ4n) is 2.25. The summed E-state index contributed by atoms with van der Waals surface area (Å²) in [6.45, 7) is 4.24. The Balaban J connectivity index is 5.16. The van der Waals surface area contributed by atoms with Gasteiger partial charge in [0.2, 0.25) is 23.6 Å². The monoisotopic (exact) mass is 417 g/mol. The summed E-state index contributed by atoms with van der Waals surface area (Å²) >= 11 is 0. The molecule has 0 aliphatic rings. The second-order valence-electron chi connectivity index (χ2n) is 6.80. The zero-order valence-corrected chi connectivity index (χ0v) is 16.8. The van der Waals surface area contributed by atoms with Crippen molar-refractivity contribution in [3.8, 4) is 0 Å². The maximum atomic E-state index is 12.6. The number of hydrogen-bond donors (Lipinski definition) is 7. The van der Waals surface area contributed by atoms with E-state index < -0.39 is 60.4 Å². The number of hydrogen-bond acceptors (Lipinski definition) is 7. The van der Waals surface area contributed by atoms with Crippen LogP contribution in [0.4, 0.5) is 0 Å². The number of carbonyl (C=O) groups excluding carboxylic acids is 4. The number of amides is 4. The minimum absolute atomic E-state index is 0.191. The predicted octanol–water partition coefficient (Wildman–Crippen LogP) is -2.82. The molecule has 4 amide bonds. The highest BCUT2D eigenvalue weighted by Crippen LogP contribution is 2.10. The zero-order chi connectivity index (χ0) is 22.7. The molecule has 0 rings (SSSR count). The number of nitrogens with two attached hydrogens (primary N) is 2. The van der Waals surface area contributed by atoms with Crippen molar-refractivity contribution in [1.82, 2.24) is 16.0 Å². The van der Waals surface area contributed by atoms with Gasteiger partial charge in [-0.05, 0) is 19.3 Å². The number of carboxylic acid groups (broad SMARTS) is 1. The fraction of sp³-hybridized carbons (Fsp3) is 0.706. The Morgan fingerprint density at radius 1 is 0.966 bits per heavy atom. The molecule has 0 saturated carbocycles. The van der Waals surface area contributed by atoms with Crippen LogP contribution in [0.1, 0.15) is 40.0 Å². The van der Waals surface area contributed by atoms with Crippen LogP contribution in [0.3, 0.4) is 0 Å². The second-order valence-corrected chi connectivity index (χ2v) is 6.80. The van der Waals surface area contributed by atoms with Gasteiger partial charge in [-0.15, -0.1) is 0 Å². The standard InChI is InChI=1S/C17H31N5O7/c1-4-8(2)13(16(27)21-11(17(28)29)5-6-12(19)24)22-14(25)9(3)20-15(26)10(18)7-23/h8-11,13,23H,4-7,18H2,1-3H3,(H2,19,24)(H,20,26)(H,21,27)(H,22,25)(H,28,29). The van der Waals surface area contributed by atoms with Gasteiger partial charge in [-0.3, -0.25) is 19.2 Å². The molecule has 12 heteroatoms. The predicted molar refractivity (Wildman–Crippen MR) is 102 cm³/mol. The van der Waals surface area contributed by atoms with Gasteiger partial charge in [-0.2, -0.15) is 0 Å². The van der Waals surface area contributed by atoms with E-state index in [0.29, 0.717) is 6.42 Å². The van der Waals surface area contributed by atoms with E-state index in [1.165, 1.54) is 6.92 Å². The van der Waals surface area contributed by atoms with E-state index in [0.717, 1.165) is 0 Å². The van der Waals surface area contributed by atoms with Crippen molar-refractivity contribution in [3.05, 3.63) is 0 Å². The number of aliphatic hydroxyl groups is 1. The van der Waals surface area contributed by atoms with Crippen molar-refractivity contribution in [2.75, 3.05) is 6.61 Å². The maximum Gasteiger partial charge on any atom is 0.326 e. The minimum atomic E-state index is -1.35. The molecule has 9 N–H and O–H groups in total. The van der Waals surface area contributed by atoms with Crippen LogP contribution in [0, 0.1) is 5.92 Å². The third-order valence-corrected chi connectivity index (χ3v) is 4.37. The lowest BCUT2D eigenvalue weighted by Crippen LogP contribution is -2.58. The summed E-state index contributed by atoms with van der Waals surface area (Å²) < 4.78 is 0. The summed E-state index contributed by atoms with van der Waals surface area (Å²) in [4.78, 5) is 58.9. The lowest BCUT2D eigenvalue weighted by Gasteiger charge is -2.27. The highest BCUT2D eigenvalue weighted by atomic mass is 16.4. The van der Waals surface area contributed by atoms with Crippen LogP contribution in [0.5, 0.6) is 0 Å². The molecule has 12 nitrogen and oxygen atoms in total. The third kappa shape index (κ3) is 9.34. The molecular weight excluding hydrogens is 386 g/mol. The second kappa shape index (κ2) is 12.7. The summed E-state index contributed by atoms with van der Waals surface area (Å²) in [6.07, 6.45) is 0.0718. The molecule has 0 saturated heterocycles. The maximum absolute atomic E-state index is 12.6. The Kier molecular flexibility index (Phi) is 11.5. The molecule has 5 atom stereocenters. The molecule has 29 heavy (non-hydrogen) atoms. The summed E-state index contributed by atoms with van der Waals surface area (Å²) in [5.41, 5.74) is 10.4. The lowest BCUT2D eigenvalue weighted by atomic mass is 9.97. The van der Waals surface area contributed by atoms with Gasteiger partial charge in [-0.25, -0.2) is 4.79 Å². The molecule has 0 spiro atoms. The van der Waals surface area contributed by atoms with Crippen LogP contribution >= 0.6 is 0 Å². The summed E-state index contributed by atoms with van der Waals surface area (Å²) in [6, 6.07) is -4.67. The third-order valence-electron chi connectivity index (χ3n) is 4.37. The number of carbonyl (C=O) groups is 5. The first-order valence-corrected chi connectivity index (χ1v) is 9.23. The Bertz CT molecular complexity index is 613. The van der Waals surface area contributed by atoms with Crippen molar-refractivity contribution in [3.63, 3.8) is 0 Å². The van der Waals surface area contributed by atoms with E-state index in [9.17, 15) is 29.1 Å². The van der Waals surface area contributed by atoms with Crippen LogP contribution in [-0.4, -0.2) is 70.6 Å². The largest absolute Gasteiger partial charge is 0.480 e. The quantitative estimate of drug-likeness (QED) is 0.165. The van der Waals surface area contributed by atoms with Gasteiger partial charge >= 0.3 is 5.97 Å². The van der Waals surface area contributed by atoms with Gasteiger partial charge in [0, 0.05) is 6.42 Å². The highest BCUT2D eigenvalue weighted by molar-refractivity contribution is 5.94. The van der Waals surface area contributed by atoms with E-state index in [1.54, 1.807) is 13.8 Å². The smallest absolute Gasteiger partial charge is 0.326 e. The van der Waals surface area contributed by atoms with Gasteiger partial charge in [0.15, 0.2) is 0 Å². The molecule has 0 aliphatic heterocycles. The van der Waals surface area contributed by atoms with E-state index in [4.69, 9.17) is 16.6 Å². The van der Waals surface area contributed by atoms with E-state index in [-0.39, 0.29) is 18.8 Å². The average Bonchev–Trinajstić information content (AvgIpc) is 2.66. The fourth-order valence-corrected chi connectivity index (χ4v) is 2.25. The van der Waals surface area contributed by atoms with Gasteiger partial charge in [0.05, 0.1) is 6.61 Å². The molecule has 166 valence electrons. The van der Waals surface area contributed by atoms with Crippen molar-refractivity contribution in [2.24, 2.45) is 17.4 Å². The molecule has 0 aromatic heterocycles. The summed E-state index contributed by atoms with van der Waals surface area (Å²) in [5, 5.41) is 25.2. The molecule has 0 heterocycles. The molecular formula is C17H31N5O7. The number of nitrogens with one attached hydrogen (secondary N) is 3. The Labute approximate surface area is 168 Å². The van der Waals surface area contributed by atoms with Gasteiger partial charge in [-0.1, -0.05) is 20.3 Å². The number of aliphatic carboxylic acids is 1. The van der Waals surface area contributed by atoms with Crippen molar-refractivity contribution < 1.29 is 34.2 Å². The normalized spacial score (nSPS) is 15.9. The van der Waals surface area contributed by atoms with Crippen molar-refractivity contribution in [2.45, 2.75) is 64.2 Å². The van der Waals surface area contributed by atoms with Crippen LogP contribution in [0.15, 0.2) is 0 Å². The van der Waals surface area contributed by atoms with Crippen LogP contribution < -0.4 is 27.4 Å². The highest BCUT2D eigenvalue weighted by Gasteiger charge is 2.31. The van der Waals surface area contributed by atoms with Gasteiger partial charge in [0.25, 0.3) is 0 Å². The molecule has 0 aromatic carbocycles. The number of rotatable bonds is 13. The first-order chi connectivity index (χ1) is 13.4. The summed E-state index contributed by atoms with van der Waals surface area (Å²) in [7, 11) is 0. The number of primary amides is 1. The molecule has 0 aromatic rings. The number of aliphatic hydroxyl groups excluding tert-OH is 1. The Hall–Kier alpha value is -2.73. The molecule has 0 radical (unpaired) electrons. The van der Waals surface area contributed by atoms with Gasteiger partial charge in [0.1, 0.15) is 24.2 Å². The van der Waals surface area contributed by atoms with Crippen molar-refractivity contribution in [1.29, 1.82) is 0 Å². The topological polar surface area (TPSA) is 214 Å². The SMILES string of the molecule is CCC(C)C(NC(=O)C(C)NC(=O)C(N)CO)C(=O)NC(CCC(N)=O)C(=O)O. The molecule has 5 unspecified atom stereocenters. The molecule has 0 fully saturated rings. The van der Waals surface area contributed by atoms with Crippen LogP contribution in [-0.2, 0) is 24.0 Å². The van der Waals surface area contributed by atoms with Crippen LogP contribution in [0.25, 0.3) is 0 Å². The minimum Gasteiger partial charge on any atom is -0.480 e. The van der Waals surface area contributed by atoms with Crippen LogP contribution in [0.2, 0.25) is 0 Å². The van der Waals surface area contributed by atoms with Gasteiger partial charge < -0.3 is 37.6 Å². The lowest BCUT2D eigenvalue weighted by molar-refractivity contribution is -0.143. The molecule has 0 aliphatic carbocycles. The Morgan fingerprint density at radius 3 is 2.00 bits per heavy atom. The first kappa shape index (κ1) is 26.3. The molecule has 0 bridgehead atoms. The van der Waals surface area contributed by atoms with E-state index in [1.807, 2.05) is 0 Å². The Morgan fingerprint density at radius 2 is 1.55 bits per heavy atom. The first-order valence-electron chi connectivity index (χ1n) is 9.23. The summed E-state index contributed by atoms with van der Waals surface area (Å²) in [5.74, 6) is -4.57. The van der Waals surface area contributed by atoms with E-state index >= 15 is 0 Å². The number of carboxylic acids is 1. The zero-order valence-electron chi connectivity index (χ0n) is 16.8.